The summed E-state index contributed by atoms with van der Waals surface area (Å²) in [4.78, 5) is 14.4. The first-order valence-corrected chi connectivity index (χ1v) is 13.1. The largest absolute Gasteiger partial charge is 0.289 e. The van der Waals surface area contributed by atoms with Gasteiger partial charge in [-0.25, -0.2) is 0 Å². The normalized spacial score (nSPS) is 12.6. The van der Waals surface area contributed by atoms with Crippen molar-refractivity contribution < 1.29 is 4.79 Å². The minimum atomic E-state index is 0.00135. The van der Waals surface area contributed by atoms with Crippen LogP contribution in [0.2, 0.25) is 0 Å². The van der Waals surface area contributed by atoms with E-state index in [1.807, 2.05) is 115 Å². The topological polar surface area (TPSA) is 17.1 Å². The lowest BCUT2D eigenvalue weighted by atomic mass is 9.89. The van der Waals surface area contributed by atoms with E-state index in [1.54, 1.807) is 0 Å². The predicted octanol–water partition coefficient (Wildman–Crippen LogP) is 8.17. The van der Waals surface area contributed by atoms with Gasteiger partial charge in [0.1, 0.15) is 0 Å². The summed E-state index contributed by atoms with van der Waals surface area (Å²) >= 11 is 0. The second-order valence-corrected chi connectivity index (χ2v) is 9.48. The molecule has 1 nitrogen and oxygen atoms in total. The third-order valence-corrected chi connectivity index (χ3v) is 6.97. The maximum atomic E-state index is 14.4. The summed E-state index contributed by atoms with van der Waals surface area (Å²) in [6.07, 6.45) is 5.62. The monoisotopic (exact) mass is 508 g/mol. The van der Waals surface area contributed by atoms with Crippen LogP contribution in [0.25, 0.3) is 22.3 Å². The van der Waals surface area contributed by atoms with Crippen molar-refractivity contribution in [2.45, 2.75) is 0 Å². The average molecular weight is 509 g/mol. The van der Waals surface area contributed by atoms with Crippen LogP contribution in [-0.2, 0) is 4.79 Å². The molecule has 0 saturated carbocycles. The molecule has 40 heavy (non-hydrogen) atoms. The van der Waals surface area contributed by atoms with Crippen molar-refractivity contribution in [3.8, 4) is 24.2 Å². The van der Waals surface area contributed by atoms with Gasteiger partial charge < -0.3 is 0 Å². The molecule has 0 saturated heterocycles. The van der Waals surface area contributed by atoms with E-state index in [-0.39, 0.29) is 5.78 Å². The molecule has 5 aromatic carbocycles. The molecule has 5 aromatic rings. The summed E-state index contributed by atoms with van der Waals surface area (Å²) < 4.78 is 0. The van der Waals surface area contributed by atoms with Gasteiger partial charge in [-0.3, -0.25) is 4.79 Å². The molecule has 6 rings (SSSR count). The summed E-state index contributed by atoms with van der Waals surface area (Å²) in [5, 5.41) is 0. The van der Waals surface area contributed by atoms with E-state index in [0.29, 0.717) is 11.1 Å². The molecule has 0 bridgehead atoms. The molecule has 1 heteroatoms. The number of hydrogen-bond donors (Lipinski definition) is 0. The van der Waals surface area contributed by atoms with E-state index in [2.05, 4.69) is 42.0 Å². The Kier molecular flexibility index (Phi) is 6.79. The van der Waals surface area contributed by atoms with Crippen molar-refractivity contribution in [1.82, 2.24) is 0 Å². The van der Waals surface area contributed by atoms with Crippen molar-refractivity contribution in [3.63, 3.8) is 0 Å². The Bertz CT molecular complexity index is 1850. The lowest BCUT2D eigenvalue weighted by molar-refractivity contribution is -0.108. The summed E-state index contributed by atoms with van der Waals surface area (Å²) in [5.74, 6) is 9.16. The van der Waals surface area contributed by atoms with E-state index in [0.717, 1.165) is 50.1 Å². The number of rotatable bonds is 4. The number of ketones is 1. The van der Waals surface area contributed by atoms with Gasteiger partial charge in [-0.1, -0.05) is 121 Å². The maximum Gasteiger partial charge on any atom is 0.195 e. The summed E-state index contributed by atoms with van der Waals surface area (Å²) in [7, 11) is 0. The molecule has 1 aliphatic rings. The molecule has 0 radical (unpaired) electrons. The van der Waals surface area contributed by atoms with E-state index >= 15 is 0 Å². The fourth-order valence-electron chi connectivity index (χ4n) is 5.06. The smallest absolute Gasteiger partial charge is 0.195 e. The first-order chi connectivity index (χ1) is 19.7. The van der Waals surface area contributed by atoms with Crippen LogP contribution in [0, 0.1) is 24.2 Å². The molecule has 0 aromatic heterocycles. The highest BCUT2D eigenvalue weighted by Crippen LogP contribution is 2.49. The molecule has 0 fully saturated rings. The van der Waals surface area contributed by atoms with Gasteiger partial charge >= 0.3 is 0 Å². The fourth-order valence-corrected chi connectivity index (χ4v) is 5.06. The predicted molar refractivity (Wildman–Crippen MR) is 165 cm³/mol. The second kappa shape index (κ2) is 11.0. The lowest BCUT2D eigenvalue weighted by Crippen LogP contribution is -2.02. The van der Waals surface area contributed by atoms with E-state index in [4.69, 9.17) is 6.42 Å². The van der Waals surface area contributed by atoms with Gasteiger partial charge in [0.05, 0.1) is 0 Å². The van der Waals surface area contributed by atoms with E-state index in [9.17, 15) is 4.79 Å². The minimum Gasteiger partial charge on any atom is -0.289 e. The van der Waals surface area contributed by atoms with Gasteiger partial charge in [0.25, 0.3) is 0 Å². The zero-order chi connectivity index (χ0) is 27.3. The van der Waals surface area contributed by atoms with Crippen LogP contribution in [0.15, 0.2) is 140 Å². The Labute approximate surface area is 235 Å². The number of carbonyl (C=O) groups is 1. The van der Waals surface area contributed by atoms with Crippen LogP contribution < -0.4 is 0 Å². The Morgan fingerprint density at radius 2 is 0.725 bits per heavy atom. The van der Waals surface area contributed by atoms with Crippen LogP contribution >= 0.6 is 0 Å². The van der Waals surface area contributed by atoms with Crippen molar-refractivity contribution in [2.24, 2.45) is 0 Å². The Hall–Kier alpha value is -5.63. The summed E-state index contributed by atoms with van der Waals surface area (Å²) in [6, 6.07) is 45.8. The molecule has 0 aliphatic heterocycles. The summed E-state index contributed by atoms with van der Waals surface area (Å²) in [6.45, 7) is 0. The first kappa shape index (κ1) is 24.7. The highest BCUT2D eigenvalue weighted by Gasteiger charge is 2.35. The zero-order valence-corrected chi connectivity index (χ0v) is 21.8. The lowest BCUT2D eigenvalue weighted by Gasteiger charge is -2.14. The molecule has 0 N–H and O–H groups in total. The van der Waals surface area contributed by atoms with Gasteiger partial charge in [-0.05, 0) is 58.7 Å². The van der Waals surface area contributed by atoms with Crippen molar-refractivity contribution in [2.75, 3.05) is 0 Å². The van der Waals surface area contributed by atoms with Gasteiger partial charge in [0, 0.05) is 39.0 Å². The van der Waals surface area contributed by atoms with Crippen LogP contribution in [0.5, 0.6) is 0 Å². The number of terminal acetylenes is 1. The number of Topliss-reactive ketones (excluding diaryl/α,β-unsaturated/α-hetero) is 1. The van der Waals surface area contributed by atoms with Crippen molar-refractivity contribution in [1.29, 1.82) is 0 Å². The Morgan fingerprint density at radius 1 is 0.375 bits per heavy atom. The van der Waals surface area contributed by atoms with E-state index < -0.39 is 0 Å². The quantitative estimate of drug-likeness (QED) is 0.224. The van der Waals surface area contributed by atoms with E-state index in [1.165, 1.54) is 0 Å². The van der Waals surface area contributed by atoms with Gasteiger partial charge in [0.15, 0.2) is 5.78 Å². The molecular weight excluding hydrogens is 484 g/mol. The molecule has 0 heterocycles. The molecule has 0 atom stereocenters. The van der Waals surface area contributed by atoms with Crippen molar-refractivity contribution in [3.05, 3.63) is 178 Å². The highest BCUT2D eigenvalue weighted by atomic mass is 16.1. The molecule has 1 aliphatic carbocycles. The standard InChI is InChI=1S/C39H24O/c1-2-28-20-24-34(25-21-28)38-35(31-14-8-4-9-15-31)36(37(39(38)40)32-16-10-5-11-17-32)33-26-22-30(23-27-33)19-18-29-12-6-3-7-13-29/h1,3-17,20-27H. The molecule has 0 amide bonds. The molecule has 186 valence electrons. The maximum absolute atomic E-state index is 14.4. The average Bonchev–Trinajstić information content (AvgIpc) is 3.34. The van der Waals surface area contributed by atoms with Crippen LogP contribution in [-0.4, -0.2) is 5.78 Å². The van der Waals surface area contributed by atoms with Crippen LogP contribution in [0.3, 0.4) is 0 Å². The van der Waals surface area contributed by atoms with Crippen LogP contribution in [0.4, 0.5) is 0 Å². The third-order valence-electron chi connectivity index (χ3n) is 6.97. The Balaban J connectivity index is 1.55. The second-order valence-electron chi connectivity index (χ2n) is 9.48. The highest BCUT2D eigenvalue weighted by molar-refractivity contribution is 6.59. The molecular formula is C39H24O. The number of carbonyl (C=O) groups excluding carboxylic acids is 1. The van der Waals surface area contributed by atoms with Gasteiger partial charge in [-0.15, -0.1) is 6.42 Å². The minimum absolute atomic E-state index is 0.00135. The van der Waals surface area contributed by atoms with Gasteiger partial charge in [-0.2, -0.15) is 0 Å². The third kappa shape index (κ3) is 4.81. The van der Waals surface area contributed by atoms with Crippen LogP contribution in [0.1, 0.15) is 38.9 Å². The molecule has 0 spiro atoms. The van der Waals surface area contributed by atoms with Gasteiger partial charge in [0.2, 0.25) is 0 Å². The fraction of sp³-hybridized carbons (Fsp3) is 0. The SMILES string of the molecule is C#Cc1ccc(C2=C(c3ccccc3)C(c3ccc(C#Cc4ccccc4)cc3)=C(c3ccccc3)C2=O)cc1. The molecule has 0 unspecified atom stereocenters. The van der Waals surface area contributed by atoms with Crippen molar-refractivity contribution >= 4 is 28.1 Å². The Morgan fingerprint density at radius 3 is 1.20 bits per heavy atom. The summed E-state index contributed by atoms with van der Waals surface area (Å²) in [5.41, 5.74) is 9.55. The zero-order valence-electron chi connectivity index (χ0n) is 21.8. The first-order valence-electron chi connectivity index (χ1n) is 13.1. The number of hydrogen-bond acceptors (Lipinski definition) is 1. The number of benzene rings is 5. The number of allylic oxidation sites excluding steroid dienone is 4.